The van der Waals surface area contributed by atoms with Crippen LogP contribution in [0.2, 0.25) is 0 Å². The number of benzene rings is 1. The second-order valence-electron chi connectivity index (χ2n) is 1.76. The van der Waals surface area contributed by atoms with Crippen LogP contribution in [0, 0.1) is 20.9 Å². The number of aryl methyl sites for hydroxylation is 1. The molecule has 1 rings (SSSR count). The van der Waals surface area contributed by atoms with Gasteiger partial charge in [0.2, 0.25) is 0 Å². The van der Waals surface area contributed by atoms with Gasteiger partial charge in [0.25, 0.3) is 0 Å². The van der Waals surface area contributed by atoms with Crippen LogP contribution < -0.4 is 0 Å². The summed E-state index contributed by atoms with van der Waals surface area (Å²) in [6.45, 7) is 2.15. The third-order valence-electron chi connectivity index (χ3n) is 1.20. The molecule has 1 aromatic carbocycles. The maximum atomic E-state index is 2.97. The summed E-state index contributed by atoms with van der Waals surface area (Å²) in [5, 5.41) is 0. The first kappa shape index (κ1) is 17.1. The Morgan fingerprint density at radius 3 is 1.91 bits per heavy atom. The molecule has 0 nitrogen and oxygen atoms in total. The fourth-order valence-electron chi connectivity index (χ4n) is 0.657. The second-order valence-corrected chi connectivity index (χ2v) is 1.76. The normalized spacial score (nSPS) is 6.64. The van der Waals surface area contributed by atoms with Crippen LogP contribution >= 0.6 is 0 Å². The van der Waals surface area contributed by atoms with Gasteiger partial charge >= 0.3 is 0 Å². The Bertz CT molecular complexity index is 146. The quantitative estimate of drug-likeness (QED) is 0.591. The fourth-order valence-corrected chi connectivity index (χ4v) is 0.657. The van der Waals surface area contributed by atoms with Gasteiger partial charge in [-0.05, 0) is 0 Å². The fraction of sp³-hybridized carbons (Fsp3) is 0.200. The first-order valence-corrected chi connectivity index (χ1v) is 2.88. The van der Waals surface area contributed by atoms with Crippen molar-refractivity contribution in [2.75, 3.05) is 0 Å². The van der Waals surface area contributed by atoms with Crippen molar-refractivity contribution in [3.05, 3.63) is 50.7 Å². The van der Waals surface area contributed by atoms with E-state index in [9.17, 15) is 0 Å². The molecule has 1 heteroatoms. The van der Waals surface area contributed by atoms with Gasteiger partial charge in [-0.15, -0.1) is 0 Å². The van der Waals surface area contributed by atoms with E-state index >= 15 is 0 Å². The molecule has 0 N–H and O–H groups in total. The van der Waals surface area contributed by atoms with Crippen molar-refractivity contribution in [3.63, 3.8) is 0 Å². The van der Waals surface area contributed by atoms with E-state index in [0.29, 0.717) is 0 Å². The van der Waals surface area contributed by atoms with Crippen molar-refractivity contribution < 1.29 is 18.6 Å². The maximum absolute atomic E-state index is 2.97. The van der Waals surface area contributed by atoms with Crippen LogP contribution in [0.4, 0.5) is 0 Å². The molecule has 0 fully saturated rings. The van der Waals surface area contributed by atoms with Crippen LogP contribution in [0.15, 0.2) is 24.3 Å². The largest absolute Gasteiger partial charge is 0.358 e. The van der Waals surface area contributed by atoms with E-state index < -0.39 is 0 Å². The first-order chi connectivity index (χ1) is 3.93. The third kappa shape index (κ3) is 6.21. The smallest absolute Gasteiger partial charge is 0 e. The molecule has 0 atom stereocenters. The topological polar surface area (TPSA) is 0 Å². The van der Waals surface area contributed by atoms with E-state index in [1.54, 1.807) is 0 Å². The summed E-state index contributed by atoms with van der Waals surface area (Å²) in [7, 11) is 0. The standard InChI is InChI=1S/C8H9.2CH3.V/c1-2-8-6-4-3-5-7-8;;;/h4-7H,2H2,1H3;2*1H3;/q3*-1;. The monoisotopic (exact) mass is 186 g/mol. The minimum absolute atomic E-state index is 0. The van der Waals surface area contributed by atoms with Gasteiger partial charge in [0.05, 0.1) is 0 Å². The molecule has 0 aliphatic rings. The van der Waals surface area contributed by atoms with E-state index in [2.05, 4.69) is 25.1 Å². The van der Waals surface area contributed by atoms with E-state index in [1.807, 2.05) is 12.1 Å². The van der Waals surface area contributed by atoms with E-state index in [0.717, 1.165) is 6.42 Å². The van der Waals surface area contributed by atoms with E-state index in [-0.39, 0.29) is 33.4 Å². The van der Waals surface area contributed by atoms with Gasteiger partial charge in [0.1, 0.15) is 0 Å². The minimum atomic E-state index is 0. The molecule has 0 saturated heterocycles. The van der Waals surface area contributed by atoms with Gasteiger partial charge < -0.3 is 14.9 Å². The molecule has 0 aromatic heterocycles. The molecular formula is C10H15V-3. The van der Waals surface area contributed by atoms with Gasteiger partial charge in [-0.25, -0.2) is 0 Å². The molecule has 0 aliphatic carbocycles. The summed E-state index contributed by atoms with van der Waals surface area (Å²) in [5.74, 6) is 0. The van der Waals surface area contributed by atoms with Crippen LogP contribution in [-0.2, 0) is 25.0 Å². The molecule has 63 valence electrons. The van der Waals surface area contributed by atoms with Crippen LogP contribution in [-0.4, -0.2) is 0 Å². The molecule has 1 aromatic rings. The van der Waals surface area contributed by atoms with Gasteiger partial charge in [-0.3, -0.25) is 0 Å². The second kappa shape index (κ2) is 9.80. The Kier molecular flexibility index (Phi) is 15.2. The molecule has 0 aliphatic heterocycles. The molecule has 1 radical (unpaired) electrons. The number of rotatable bonds is 1. The average Bonchev–Trinajstić information content (AvgIpc) is 1.90. The van der Waals surface area contributed by atoms with Crippen LogP contribution in [0.1, 0.15) is 12.5 Å². The van der Waals surface area contributed by atoms with Crippen LogP contribution in [0.5, 0.6) is 0 Å². The predicted molar refractivity (Wildman–Crippen MR) is 47.5 cm³/mol. The van der Waals surface area contributed by atoms with Crippen LogP contribution in [0.3, 0.4) is 0 Å². The number of hydrogen-bond donors (Lipinski definition) is 0. The SMILES string of the molecule is CCc1cc[c-]cc1.[CH3-].[CH3-].[V]. The zero-order chi connectivity index (χ0) is 5.82. The molecule has 11 heavy (non-hydrogen) atoms. The molecule has 0 bridgehead atoms. The summed E-state index contributed by atoms with van der Waals surface area (Å²) in [6, 6.07) is 11.0. The van der Waals surface area contributed by atoms with Crippen molar-refractivity contribution in [2.24, 2.45) is 0 Å². The van der Waals surface area contributed by atoms with Crippen molar-refractivity contribution in [3.8, 4) is 0 Å². The van der Waals surface area contributed by atoms with E-state index in [4.69, 9.17) is 0 Å². The van der Waals surface area contributed by atoms with Crippen molar-refractivity contribution >= 4 is 0 Å². The summed E-state index contributed by atoms with van der Waals surface area (Å²) < 4.78 is 0. The van der Waals surface area contributed by atoms with Gasteiger partial charge in [-0.2, -0.15) is 35.9 Å². The Labute approximate surface area is 82.9 Å². The summed E-state index contributed by atoms with van der Waals surface area (Å²) in [4.78, 5) is 0. The van der Waals surface area contributed by atoms with Gasteiger partial charge in [0, 0.05) is 18.6 Å². The Balaban J connectivity index is -0.000000213. The zero-order valence-electron chi connectivity index (χ0n) is 7.46. The zero-order valence-corrected chi connectivity index (χ0v) is 8.86. The summed E-state index contributed by atoms with van der Waals surface area (Å²) >= 11 is 0. The van der Waals surface area contributed by atoms with Gasteiger partial charge in [-0.1, -0.05) is 13.3 Å². The molecule has 0 saturated carbocycles. The minimum Gasteiger partial charge on any atom is -0.358 e. The van der Waals surface area contributed by atoms with Crippen LogP contribution in [0.25, 0.3) is 0 Å². The van der Waals surface area contributed by atoms with Crippen molar-refractivity contribution in [1.82, 2.24) is 0 Å². The average molecular weight is 186 g/mol. The first-order valence-electron chi connectivity index (χ1n) is 2.88. The summed E-state index contributed by atoms with van der Waals surface area (Å²) in [5.41, 5.74) is 1.38. The van der Waals surface area contributed by atoms with E-state index in [1.165, 1.54) is 5.56 Å². The van der Waals surface area contributed by atoms with Gasteiger partial charge in [0.15, 0.2) is 0 Å². The molecule has 0 amide bonds. The molecule has 0 heterocycles. The predicted octanol–water partition coefficient (Wildman–Crippen LogP) is 2.95. The molecular weight excluding hydrogens is 171 g/mol. The third-order valence-corrected chi connectivity index (χ3v) is 1.20. The van der Waals surface area contributed by atoms with Crippen molar-refractivity contribution in [1.29, 1.82) is 0 Å². The summed E-state index contributed by atoms with van der Waals surface area (Å²) in [6.07, 6.45) is 1.12. The van der Waals surface area contributed by atoms with Crippen molar-refractivity contribution in [2.45, 2.75) is 13.3 Å². The maximum Gasteiger partial charge on any atom is 0 e. The Morgan fingerprint density at radius 1 is 1.18 bits per heavy atom. The Morgan fingerprint density at radius 2 is 1.64 bits per heavy atom. The number of hydrogen-bond acceptors (Lipinski definition) is 0. The Hall–Kier alpha value is -0.196. The molecule has 0 spiro atoms. The molecule has 0 unspecified atom stereocenters.